The summed E-state index contributed by atoms with van der Waals surface area (Å²) in [6, 6.07) is 7.54. The highest BCUT2D eigenvalue weighted by Gasteiger charge is 2.41. The molecule has 16 heteroatoms. The highest BCUT2D eigenvalue weighted by molar-refractivity contribution is 6.05. The zero-order chi connectivity index (χ0) is 35.4. The molecule has 1 amide bonds. The molecule has 260 valence electrons. The average molecular weight is 683 g/mol. The lowest BCUT2D eigenvalue weighted by Crippen LogP contribution is -2.43. The normalized spacial score (nSPS) is 15.9. The van der Waals surface area contributed by atoms with Crippen molar-refractivity contribution in [3.05, 3.63) is 41.3 Å². The number of ether oxygens (including phenoxy) is 3. The van der Waals surface area contributed by atoms with Gasteiger partial charge in [0.25, 0.3) is 0 Å². The molecule has 1 saturated heterocycles. The van der Waals surface area contributed by atoms with Crippen LogP contribution in [0.2, 0.25) is 0 Å². The second kappa shape index (κ2) is 12.8. The van der Waals surface area contributed by atoms with E-state index in [2.05, 4.69) is 10.2 Å². The summed E-state index contributed by atoms with van der Waals surface area (Å²) < 4.78 is 61.4. The number of carbonyl (C=O) groups excluding carboxylic acids is 2. The van der Waals surface area contributed by atoms with Crippen LogP contribution >= 0.6 is 0 Å². The van der Waals surface area contributed by atoms with E-state index in [-0.39, 0.29) is 24.3 Å². The topological polar surface area (TPSA) is 131 Å². The Morgan fingerprint density at radius 3 is 2.49 bits per heavy atom. The summed E-state index contributed by atoms with van der Waals surface area (Å²) in [6.45, 7) is 5.54. The van der Waals surface area contributed by atoms with Crippen molar-refractivity contribution in [2.75, 3.05) is 27.3 Å². The van der Waals surface area contributed by atoms with Gasteiger partial charge in [-0.1, -0.05) is 6.07 Å². The van der Waals surface area contributed by atoms with E-state index in [9.17, 15) is 22.8 Å². The van der Waals surface area contributed by atoms with Crippen LogP contribution in [0.1, 0.15) is 54.3 Å². The van der Waals surface area contributed by atoms with E-state index in [1.165, 1.54) is 11.8 Å². The Morgan fingerprint density at radius 1 is 1.06 bits per heavy atom. The van der Waals surface area contributed by atoms with Crippen LogP contribution in [-0.4, -0.2) is 90.7 Å². The zero-order valence-corrected chi connectivity index (χ0v) is 28.3. The van der Waals surface area contributed by atoms with Gasteiger partial charge in [-0.2, -0.15) is 28.5 Å². The van der Waals surface area contributed by atoms with Crippen LogP contribution < -0.4 is 4.74 Å². The van der Waals surface area contributed by atoms with Gasteiger partial charge in [0.2, 0.25) is 5.88 Å². The molecule has 6 rings (SSSR count). The van der Waals surface area contributed by atoms with Crippen molar-refractivity contribution in [3.8, 4) is 28.4 Å². The molecule has 2 atom stereocenters. The Hall–Kier alpha value is -4.99. The molecule has 1 aliphatic heterocycles. The summed E-state index contributed by atoms with van der Waals surface area (Å²) in [5.74, 6) is -2.23. The van der Waals surface area contributed by atoms with E-state index in [1.54, 1.807) is 32.6 Å². The lowest BCUT2D eigenvalue weighted by atomic mass is 10.0. The Morgan fingerprint density at radius 2 is 1.82 bits per heavy atom. The Labute approximate surface area is 279 Å². The lowest BCUT2D eigenvalue weighted by Gasteiger charge is -2.24. The molecule has 4 aromatic heterocycles. The predicted octanol–water partition coefficient (Wildman–Crippen LogP) is 5.28. The quantitative estimate of drug-likeness (QED) is 0.201. The Bertz CT molecular complexity index is 2080. The first-order valence-electron chi connectivity index (χ1n) is 15.8. The minimum Gasteiger partial charge on any atom is -0.472 e. The first kappa shape index (κ1) is 33.9. The van der Waals surface area contributed by atoms with E-state index >= 15 is 0 Å². The number of benzene rings is 1. The smallest absolute Gasteiger partial charge is 0.471 e. The van der Waals surface area contributed by atoms with Crippen molar-refractivity contribution in [2.24, 2.45) is 14.1 Å². The molecule has 0 N–H and O–H groups in total. The Balaban J connectivity index is 1.49. The fourth-order valence-corrected chi connectivity index (χ4v) is 6.45. The van der Waals surface area contributed by atoms with E-state index in [1.807, 2.05) is 35.9 Å². The maximum Gasteiger partial charge on any atom is 0.471 e. The number of hydrogen-bond donors (Lipinski definition) is 0. The summed E-state index contributed by atoms with van der Waals surface area (Å²) >= 11 is 0. The van der Waals surface area contributed by atoms with E-state index < -0.39 is 24.2 Å². The number of fused-ring (bicyclic) bond motifs is 2. The monoisotopic (exact) mass is 682 g/mol. The van der Waals surface area contributed by atoms with Gasteiger partial charge in [0.1, 0.15) is 11.8 Å². The maximum atomic E-state index is 13.0. The van der Waals surface area contributed by atoms with Gasteiger partial charge in [0, 0.05) is 44.1 Å². The maximum absolute atomic E-state index is 13.0. The fraction of sp³-hybridized carbons (Fsp3) is 0.455. The molecule has 1 unspecified atom stereocenters. The molecule has 1 aromatic carbocycles. The SMILES string of the molecule is COC(=O)c1nn(C)c2ccc(-c3nn(C4CCCCO4)c4c(C)nc(-c5c(C)nn(C)c5O[C@@H](C)CN(C)C(=O)C(F)(F)F)cc34)cc12. The van der Waals surface area contributed by atoms with Crippen molar-refractivity contribution < 1.29 is 37.0 Å². The number of aromatic nitrogens is 7. The highest BCUT2D eigenvalue weighted by Crippen LogP contribution is 2.40. The summed E-state index contributed by atoms with van der Waals surface area (Å²) in [7, 11) is 5.81. The van der Waals surface area contributed by atoms with Crippen LogP contribution in [0.15, 0.2) is 24.3 Å². The third-order valence-electron chi connectivity index (χ3n) is 8.65. The lowest BCUT2D eigenvalue weighted by molar-refractivity contribution is -0.184. The summed E-state index contributed by atoms with van der Waals surface area (Å²) in [5.41, 5.74) is 5.36. The number of amides is 1. The molecule has 0 spiro atoms. The molecule has 0 bridgehead atoms. The number of rotatable bonds is 8. The third kappa shape index (κ3) is 6.20. The highest BCUT2D eigenvalue weighted by atomic mass is 19.4. The van der Waals surface area contributed by atoms with Gasteiger partial charge >= 0.3 is 18.1 Å². The Kier molecular flexibility index (Phi) is 8.85. The van der Waals surface area contributed by atoms with Crippen LogP contribution in [0.5, 0.6) is 5.88 Å². The van der Waals surface area contributed by atoms with Gasteiger partial charge < -0.3 is 19.1 Å². The van der Waals surface area contributed by atoms with Gasteiger partial charge in [-0.25, -0.2) is 14.2 Å². The van der Waals surface area contributed by atoms with Gasteiger partial charge in [0.15, 0.2) is 11.9 Å². The van der Waals surface area contributed by atoms with Gasteiger partial charge in [-0.15, -0.1) is 0 Å². The molecule has 49 heavy (non-hydrogen) atoms. The molecule has 0 saturated carbocycles. The molecule has 0 radical (unpaired) electrons. The molecule has 1 fully saturated rings. The summed E-state index contributed by atoms with van der Waals surface area (Å²) in [6.07, 6.45) is -3.40. The van der Waals surface area contributed by atoms with Crippen LogP contribution in [0.25, 0.3) is 44.3 Å². The minimum atomic E-state index is -4.99. The van der Waals surface area contributed by atoms with Crippen molar-refractivity contribution in [1.82, 2.24) is 39.2 Å². The molecular weight excluding hydrogens is 645 g/mol. The van der Waals surface area contributed by atoms with Crippen molar-refractivity contribution in [1.29, 1.82) is 0 Å². The van der Waals surface area contributed by atoms with Crippen molar-refractivity contribution in [3.63, 3.8) is 0 Å². The number of likely N-dealkylation sites (N-methyl/N-ethyl adjacent to an activating group) is 1. The number of esters is 1. The molecule has 5 heterocycles. The van der Waals surface area contributed by atoms with E-state index in [4.69, 9.17) is 24.3 Å². The van der Waals surface area contributed by atoms with Crippen LogP contribution in [-0.2, 0) is 28.4 Å². The fourth-order valence-electron chi connectivity index (χ4n) is 6.45. The number of hydrogen-bond acceptors (Lipinski definition) is 9. The number of pyridine rings is 1. The van der Waals surface area contributed by atoms with Gasteiger partial charge in [0.05, 0.1) is 47.3 Å². The van der Waals surface area contributed by atoms with Crippen LogP contribution in [0.4, 0.5) is 13.2 Å². The molecule has 0 aliphatic carbocycles. The number of aryl methyl sites for hydroxylation is 4. The summed E-state index contributed by atoms with van der Waals surface area (Å²) in [4.78, 5) is 29.9. The van der Waals surface area contributed by atoms with Crippen molar-refractivity contribution >= 4 is 33.7 Å². The van der Waals surface area contributed by atoms with Crippen molar-refractivity contribution in [2.45, 2.75) is 58.5 Å². The van der Waals surface area contributed by atoms with E-state index in [0.717, 1.165) is 48.3 Å². The number of carbonyl (C=O) groups is 2. The number of nitrogens with zero attached hydrogens (tertiary/aromatic N) is 8. The van der Waals surface area contributed by atoms with Gasteiger partial charge in [-0.3, -0.25) is 14.5 Å². The average Bonchev–Trinajstić information content (AvgIpc) is 3.70. The third-order valence-corrected chi connectivity index (χ3v) is 8.65. The predicted molar refractivity (Wildman–Crippen MR) is 173 cm³/mol. The largest absolute Gasteiger partial charge is 0.472 e. The second-order valence-electron chi connectivity index (χ2n) is 12.3. The standard InChI is InChI=1S/C33H37F3N8O5/c1-17(16-41(4)32(46)33(34,35)36)49-30-26(18(2)38-43(30)6)23-15-22-27(40-44(29(22)19(3)37-23)25-10-8-9-13-48-25)20-11-12-24-21(14-20)28(31(45)47-7)39-42(24)5/h11-12,14-15,17,25H,8-10,13,16H2,1-7H3/t17-,25?/m0/s1. The van der Waals surface area contributed by atoms with Gasteiger partial charge in [-0.05, 0) is 58.2 Å². The van der Waals surface area contributed by atoms with E-state index in [0.29, 0.717) is 45.2 Å². The second-order valence-corrected chi connectivity index (χ2v) is 12.3. The number of halogens is 3. The molecule has 13 nitrogen and oxygen atoms in total. The summed E-state index contributed by atoms with van der Waals surface area (Å²) in [5, 5.41) is 15.4. The first-order valence-corrected chi connectivity index (χ1v) is 15.8. The zero-order valence-electron chi connectivity index (χ0n) is 28.3. The van der Waals surface area contributed by atoms with Crippen LogP contribution in [0, 0.1) is 13.8 Å². The molecular formula is C33H37F3N8O5. The first-order chi connectivity index (χ1) is 23.2. The number of alkyl halides is 3. The molecule has 1 aliphatic rings. The number of methoxy groups -OCH3 is 1. The minimum absolute atomic E-state index is 0.184. The molecule has 5 aromatic rings. The van der Waals surface area contributed by atoms with Crippen LogP contribution in [0.3, 0.4) is 0 Å².